The Balaban J connectivity index is 1.72. The maximum atomic E-state index is 5.70. The Morgan fingerprint density at radius 1 is 0.967 bits per heavy atom. The van der Waals surface area contributed by atoms with Crippen molar-refractivity contribution in [3.05, 3.63) is 47.3 Å². The van der Waals surface area contributed by atoms with Gasteiger partial charge in [-0.25, -0.2) is 4.98 Å². The number of nitrogens with zero attached hydrogens (tertiary/aromatic N) is 2. The molecule has 0 spiro atoms. The van der Waals surface area contributed by atoms with Crippen LogP contribution in [0.1, 0.15) is 19.4 Å². The lowest BCUT2D eigenvalue weighted by Crippen LogP contribution is -1.99. The first-order chi connectivity index (χ1) is 14.7. The van der Waals surface area contributed by atoms with Gasteiger partial charge in [-0.2, -0.15) is 5.10 Å². The Labute approximate surface area is 180 Å². The summed E-state index contributed by atoms with van der Waals surface area (Å²) < 4.78 is 21.9. The third kappa shape index (κ3) is 5.21. The SMILES string of the molecule is CCOc1ccc(/C=N\Nc2nc(-c3ccc(OC)c(OC)c3)cs2)c(OCC)c1. The molecule has 0 atom stereocenters. The van der Waals surface area contributed by atoms with E-state index in [0.717, 1.165) is 28.3 Å². The number of methoxy groups -OCH3 is 2. The van der Waals surface area contributed by atoms with Gasteiger partial charge in [-0.3, -0.25) is 5.43 Å². The zero-order chi connectivity index (χ0) is 21.3. The lowest BCUT2D eigenvalue weighted by atomic mass is 10.1. The van der Waals surface area contributed by atoms with Crippen LogP contribution in [-0.4, -0.2) is 38.6 Å². The Kier molecular flexibility index (Phi) is 7.51. The molecule has 1 heterocycles. The number of benzene rings is 2. The van der Waals surface area contributed by atoms with Gasteiger partial charge in [-0.15, -0.1) is 11.3 Å². The second-order valence-corrected chi connectivity index (χ2v) is 6.90. The first kappa shape index (κ1) is 21.4. The number of aromatic nitrogens is 1. The van der Waals surface area contributed by atoms with Crippen molar-refractivity contribution in [1.82, 2.24) is 4.98 Å². The molecule has 0 bridgehead atoms. The standard InChI is InChI=1S/C22H25N3O4S/c1-5-28-17-9-7-16(20(12-17)29-6-2)13-23-25-22-24-18(14-30-22)15-8-10-19(26-3)21(11-15)27-4/h7-14H,5-6H2,1-4H3,(H,24,25)/b23-13-. The van der Waals surface area contributed by atoms with Crippen LogP contribution in [0.4, 0.5) is 5.13 Å². The molecule has 30 heavy (non-hydrogen) atoms. The third-order valence-corrected chi connectivity index (χ3v) is 4.89. The molecular formula is C22H25N3O4S. The summed E-state index contributed by atoms with van der Waals surface area (Å²) in [7, 11) is 3.23. The number of anilines is 1. The predicted molar refractivity (Wildman–Crippen MR) is 121 cm³/mol. The van der Waals surface area contributed by atoms with E-state index in [1.807, 2.05) is 55.6 Å². The normalized spacial score (nSPS) is 10.8. The van der Waals surface area contributed by atoms with Gasteiger partial charge in [0.15, 0.2) is 11.5 Å². The van der Waals surface area contributed by atoms with Gasteiger partial charge in [-0.1, -0.05) is 0 Å². The van der Waals surface area contributed by atoms with Gasteiger partial charge in [0.2, 0.25) is 5.13 Å². The van der Waals surface area contributed by atoms with Crippen LogP contribution in [0.5, 0.6) is 23.0 Å². The zero-order valence-corrected chi connectivity index (χ0v) is 18.3. The van der Waals surface area contributed by atoms with E-state index >= 15 is 0 Å². The van der Waals surface area contributed by atoms with Crippen LogP contribution in [0, 0.1) is 0 Å². The Morgan fingerprint density at radius 2 is 1.77 bits per heavy atom. The van der Waals surface area contributed by atoms with Gasteiger partial charge in [0, 0.05) is 22.6 Å². The summed E-state index contributed by atoms with van der Waals surface area (Å²) in [4.78, 5) is 4.59. The highest BCUT2D eigenvalue weighted by Crippen LogP contribution is 2.33. The molecule has 0 aliphatic carbocycles. The maximum Gasteiger partial charge on any atom is 0.203 e. The molecule has 0 saturated heterocycles. The fraction of sp³-hybridized carbons (Fsp3) is 0.273. The number of nitrogens with one attached hydrogen (secondary N) is 1. The second-order valence-electron chi connectivity index (χ2n) is 6.04. The van der Waals surface area contributed by atoms with Gasteiger partial charge in [-0.05, 0) is 44.2 Å². The van der Waals surface area contributed by atoms with Gasteiger partial charge in [0.1, 0.15) is 11.5 Å². The molecule has 3 aromatic rings. The monoisotopic (exact) mass is 427 g/mol. The third-order valence-electron chi connectivity index (χ3n) is 4.14. The molecule has 0 saturated carbocycles. The molecule has 1 aromatic heterocycles. The van der Waals surface area contributed by atoms with Crippen molar-refractivity contribution >= 4 is 22.7 Å². The summed E-state index contributed by atoms with van der Waals surface area (Å²) in [6.45, 7) is 5.06. The van der Waals surface area contributed by atoms with Crippen molar-refractivity contribution < 1.29 is 18.9 Å². The fourth-order valence-electron chi connectivity index (χ4n) is 2.77. The van der Waals surface area contributed by atoms with E-state index in [4.69, 9.17) is 18.9 Å². The highest BCUT2D eigenvalue weighted by atomic mass is 32.1. The summed E-state index contributed by atoms with van der Waals surface area (Å²) in [5.41, 5.74) is 5.59. The molecule has 2 aromatic carbocycles. The minimum absolute atomic E-state index is 0.561. The quantitative estimate of drug-likeness (QED) is 0.360. The summed E-state index contributed by atoms with van der Waals surface area (Å²) in [5.74, 6) is 2.83. The van der Waals surface area contributed by atoms with E-state index in [1.54, 1.807) is 20.4 Å². The largest absolute Gasteiger partial charge is 0.494 e. The molecule has 0 fully saturated rings. The number of rotatable bonds is 10. The minimum Gasteiger partial charge on any atom is -0.494 e. The zero-order valence-electron chi connectivity index (χ0n) is 17.5. The van der Waals surface area contributed by atoms with Gasteiger partial charge < -0.3 is 18.9 Å². The number of hydrogen-bond donors (Lipinski definition) is 1. The van der Waals surface area contributed by atoms with Crippen molar-refractivity contribution in [2.24, 2.45) is 5.10 Å². The van der Waals surface area contributed by atoms with Crippen molar-refractivity contribution in [3.63, 3.8) is 0 Å². The smallest absolute Gasteiger partial charge is 0.203 e. The highest BCUT2D eigenvalue weighted by Gasteiger charge is 2.09. The van der Waals surface area contributed by atoms with Crippen molar-refractivity contribution in [2.45, 2.75) is 13.8 Å². The predicted octanol–water partition coefficient (Wildman–Crippen LogP) is 5.07. The first-order valence-electron chi connectivity index (χ1n) is 9.55. The minimum atomic E-state index is 0.561. The molecule has 0 amide bonds. The van der Waals surface area contributed by atoms with Crippen LogP contribution in [0.2, 0.25) is 0 Å². The Hall–Kier alpha value is -3.26. The van der Waals surface area contributed by atoms with E-state index in [-0.39, 0.29) is 0 Å². The molecule has 0 unspecified atom stereocenters. The van der Waals surface area contributed by atoms with Crippen LogP contribution in [0.25, 0.3) is 11.3 Å². The van der Waals surface area contributed by atoms with Crippen molar-refractivity contribution in [3.8, 4) is 34.3 Å². The van der Waals surface area contributed by atoms with Crippen LogP contribution in [0.15, 0.2) is 46.9 Å². The van der Waals surface area contributed by atoms with E-state index in [9.17, 15) is 0 Å². The van der Waals surface area contributed by atoms with Crippen LogP contribution >= 0.6 is 11.3 Å². The summed E-state index contributed by atoms with van der Waals surface area (Å²) in [6, 6.07) is 11.4. The van der Waals surface area contributed by atoms with Crippen molar-refractivity contribution in [1.29, 1.82) is 0 Å². The topological polar surface area (TPSA) is 74.2 Å². The molecule has 3 rings (SSSR count). The van der Waals surface area contributed by atoms with Crippen LogP contribution < -0.4 is 24.4 Å². The van der Waals surface area contributed by atoms with E-state index in [2.05, 4.69) is 15.5 Å². The molecule has 0 radical (unpaired) electrons. The Bertz CT molecular complexity index is 1000. The molecule has 158 valence electrons. The van der Waals surface area contributed by atoms with Gasteiger partial charge in [0.25, 0.3) is 0 Å². The first-order valence-corrected chi connectivity index (χ1v) is 10.4. The van der Waals surface area contributed by atoms with Crippen LogP contribution in [-0.2, 0) is 0 Å². The van der Waals surface area contributed by atoms with Crippen LogP contribution in [0.3, 0.4) is 0 Å². The molecule has 0 aliphatic rings. The summed E-state index contributed by atoms with van der Waals surface area (Å²) >= 11 is 1.47. The fourth-order valence-corrected chi connectivity index (χ4v) is 3.44. The Morgan fingerprint density at radius 3 is 2.50 bits per heavy atom. The summed E-state index contributed by atoms with van der Waals surface area (Å²) in [5, 5.41) is 6.95. The number of ether oxygens (including phenoxy) is 4. The maximum absolute atomic E-state index is 5.70. The lowest BCUT2D eigenvalue weighted by molar-refractivity contribution is 0.323. The average molecular weight is 428 g/mol. The molecular weight excluding hydrogens is 402 g/mol. The molecule has 1 N–H and O–H groups in total. The highest BCUT2D eigenvalue weighted by molar-refractivity contribution is 7.14. The molecule has 0 aliphatic heterocycles. The van der Waals surface area contributed by atoms with E-state index in [1.165, 1.54) is 11.3 Å². The lowest BCUT2D eigenvalue weighted by Gasteiger charge is -2.09. The van der Waals surface area contributed by atoms with E-state index in [0.29, 0.717) is 29.8 Å². The second kappa shape index (κ2) is 10.5. The van der Waals surface area contributed by atoms with E-state index < -0.39 is 0 Å². The van der Waals surface area contributed by atoms with Gasteiger partial charge in [0.05, 0.1) is 39.3 Å². The average Bonchev–Trinajstić information content (AvgIpc) is 3.24. The molecule has 7 nitrogen and oxygen atoms in total. The number of hydrazone groups is 1. The number of thiazole rings is 1. The summed E-state index contributed by atoms with van der Waals surface area (Å²) in [6.07, 6.45) is 1.71. The van der Waals surface area contributed by atoms with Crippen molar-refractivity contribution in [2.75, 3.05) is 32.9 Å². The number of hydrogen-bond acceptors (Lipinski definition) is 8. The molecule has 8 heteroatoms. The van der Waals surface area contributed by atoms with Gasteiger partial charge >= 0.3 is 0 Å².